The summed E-state index contributed by atoms with van der Waals surface area (Å²) in [5, 5.41) is 5.71. The van der Waals surface area contributed by atoms with Gasteiger partial charge in [0.15, 0.2) is 0 Å². The lowest BCUT2D eigenvalue weighted by Crippen LogP contribution is -2.27. The summed E-state index contributed by atoms with van der Waals surface area (Å²) in [4.78, 5) is 23.7. The Morgan fingerprint density at radius 1 is 1.18 bits per heavy atom. The molecule has 3 rings (SSSR count). The summed E-state index contributed by atoms with van der Waals surface area (Å²) in [6.07, 6.45) is 4.69. The van der Waals surface area contributed by atoms with E-state index in [4.69, 9.17) is 4.74 Å². The summed E-state index contributed by atoms with van der Waals surface area (Å²) >= 11 is 0. The predicted molar refractivity (Wildman–Crippen MR) is 84.9 cm³/mol. The fourth-order valence-electron chi connectivity index (χ4n) is 3.87. The molecule has 2 fully saturated rings. The van der Waals surface area contributed by atoms with Crippen molar-refractivity contribution in [3.05, 3.63) is 18.2 Å². The average molecular weight is 302 g/mol. The molecule has 2 N–H and O–H groups in total. The van der Waals surface area contributed by atoms with Crippen LogP contribution < -0.4 is 15.4 Å². The van der Waals surface area contributed by atoms with Crippen LogP contribution in [0.4, 0.5) is 11.4 Å². The Kier molecular flexibility index (Phi) is 4.05. The van der Waals surface area contributed by atoms with Crippen molar-refractivity contribution in [3.63, 3.8) is 0 Å². The lowest BCUT2D eigenvalue weighted by Gasteiger charge is -2.21. The Morgan fingerprint density at radius 3 is 2.59 bits per heavy atom. The Morgan fingerprint density at radius 2 is 2.00 bits per heavy atom. The van der Waals surface area contributed by atoms with Gasteiger partial charge in [0.05, 0.1) is 12.8 Å². The van der Waals surface area contributed by atoms with Crippen LogP contribution in [0.15, 0.2) is 18.2 Å². The molecule has 0 radical (unpaired) electrons. The van der Waals surface area contributed by atoms with Gasteiger partial charge in [-0.3, -0.25) is 9.59 Å². The summed E-state index contributed by atoms with van der Waals surface area (Å²) in [7, 11) is 1.55. The van der Waals surface area contributed by atoms with Crippen LogP contribution in [0.25, 0.3) is 0 Å². The fraction of sp³-hybridized carbons (Fsp3) is 0.529. The molecule has 22 heavy (non-hydrogen) atoms. The summed E-state index contributed by atoms with van der Waals surface area (Å²) in [6, 6.07) is 5.29. The number of amides is 2. The van der Waals surface area contributed by atoms with Crippen molar-refractivity contribution in [1.29, 1.82) is 0 Å². The van der Waals surface area contributed by atoms with Crippen molar-refractivity contribution in [2.24, 2.45) is 17.8 Å². The second-order valence-corrected chi connectivity index (χ2v) is 6.37. The Bertz CT molecular complexity index is 600. The van der Waals surface area contributed by atoms with E-state index in [0.717, 1.165) is 12.3 Å². The number of ether oxygens (including phenoxy) is 1. The molecular weight excluding hydrogens is 280 g/mol. The van der Waals surface area contributed by atoms with Crippen molar-refractivity contribution in [2.45, 2.75) is 32.6 Å². The average Bonchev–Trinajstić information content (AvgIpc) is 3.09. The Hall–Kier alpha value is -2.04. The summed E-state index contributed by atoms with van der Waals surface area (Å²) in [5.41, 5.74) is 1.26. The first kappa shape index (κ1) is 14.9. The first-order valence-electron chi connectivity index (χ1n) is 7.83. The van der Waals surface area contributed by atoms with Crippen LogP contribution in [0.3, 0.4) is 0 Å². The van der Waals surface area contributed by atoms with Gasteiger partial charge in [-0.1, -0.05) is 6.42 Å². The van der Waals surface area contributed by atoms with Crippen molar-refractivity contribution >= 4 is 23.2 Å². The van der Waals surface area contributed by atoms with Crippen LogP contribution >= 0.6 is 0 Å². The van der Waals surface area contributed by atoms with Gasteiger partial charge < -0.3 is 15.4 Å². The third kappa shape index (κ3) is 2.93. The van der Waals surface area contributed by atoms with E-state index in [1.54, 1.807) is 25.3 Å². The Labute approximate surface area is 130 Å². The van der Waals surface area contributed by atoms with E-state index >= 15 is 0 Å². The van der Waals surface area contributed by atoms with Crippen LogP contribution in [0.1, 0.15) is 32.6 Å². The van der Waals surface area contributed by atoms with E-state index in [0.29, 0.717) is 23.0 Å². The number of hydrogen-bond donors (Lipinski definition) is 2. The highest BCUT2D eigenvalue weighted by molar-refractivity contribution is 5.95. The minimum absolute atomic E-state index is 0.103. The predicted octanol–water partition coefficient (Wildman–Crippen LogP) is 3.03. The highest BCUT2D eigenvalue weighted by Gasteiger charge is 2.43. The number of carbonyl (C=O) groups excluding carboxylic acids is 2. The molecular formula is C17H22N2O3. The molecule has 0 saturated heterocycles. The summed E-state index contributed by atoms with van der Waals surface area (Å²) < 4.78 is 5.22. The van der Waals surface area contributed by atoms with Gasteiger partial charge in [0.1, 0.15) is 5.75 Å². The Balaban J connectivity index is 1.72. The van der Waals surface area contributed by atoms with E-state index in [-0.39, 0.29) is 17.7 Å². The quantitative estimate of drug-likeness (QED) is 0.898. The number of fused-ring (bicyclic) bond motifs is 2. The largest absolute Gasteiger partial charge is 0.495 e. The zero-order valence-electron chi connectivity index (χ0n) is 13.0. The molecule has 3 unspecified atom stereocenters. The van der Waals surface area contributed by atoms with Crippen molar-refractivity contribution in [3.8, 4) is 5.75 Å². The number of anilines is 2. The smallest absolute Gasteiger partial charge is 0.227 e. The normalized spacial score (nSPS) is 25.8. The molecule has 0 spiro atoms. The number of carbonyl (C=O) groups is 2. The van der Waals surface area contributed by atoms with Gasteiger partial charge in [-0.2, -0.15) is 0 Å². The minimum atomic E-state index is -0.171. The lowest BCUT2D eigenvalue weighted by molar-refractivity contribution is -0.121. The maximum atomic E-state index is 12.5. The minimum Gasteiger partial charge on any atom is -0.495 e. The van der Waals surface area contributed by atoms with Crippen molar-refractivity contribution < 1.29 is 14.3 Å². The molecule has 5 nitrogen and oxygen atoms in total. The number of hydrogen-bond acceptors (Lipinski definition) is 3. The van der Waals surface area contributed by atoms with Crippen LogP contribution in [0.5, 0.6) is 5.75 Å². The van der Waals surface area contributed by atoms with Crippen LogP contribution in [-0.4, -0.2) is 18.9 Å². The van der Waals surface area contributed by atoms with Crippen LogP contribution in [0.2, 0.25) is 0 Å². The van der Waals surface area contributed by atoms with Crippen LogP contribution in [-0.2, 0) is 9.59 Å². The van der Waals surface area contributed by atoms with E-state index in [9.17, 15) is 9.59 Å². The van der Waals surface area contributed by atoms with Gasteiger partial charge in [-0.05, 0) is 49.3 Å². The van der Waals surface area contributed by atoms with Crippen LogP contribution in [0, 0.1) is 17.8 Å². The molecule has 0 aromatic heterocycles. The van der Waals surface area contributed by atoms with Crippen molar-refractivity contribution in [1.82, 2.24) is 0 Å². The second kappa shape index (κ2) is 5.99. The second-order valence-electron chi connectivity index (χ2n) is 6.37. The fourth-order valence-corrected chi connectivity index (χ4v) is 3.87. The first-order valence-corrected chi connectivity index (χ1v) is 7.83. The van der Waals surface area contributed by atoms with E-state index in [1.165, 1.54) is 26.2 Å². The molecule has 0 aliphatic heterocycles. The van der Waals surface area contributed by atoms with Gasteiger partial charge in [0, 0.05) is 18.5 Å². The third-order valence-corrected chi connectivity index (χ3v) is 4.85. The maximum Gasteiger partial charge on any atom is 0.227 e. The zero-order valence-corrected chi connectivity index (χ0v) is 13.0. The highest BCUT2D eigenvalue weighted by Crippen LogP contribution is 2.48. The number of benzene rings is 1. The maximum absolute atomic E-state index is 12.5. The standard InChI is InChI=1S/C17H22N2O3/c1-10(20)18-15-9-13(5-6-16(15)22-2)19-17(21)14-8-11-3-4-12(14)7-11/h5-6,9,11-12,14H,3-4,7-8H2,1-2H3,(H,18,20)(H,19,21). The molecule has 5 heteroatoms. The van der Waals surface area contributed by atoms with E-state index < -0.39 is 0 Å². The molecule has 0 heterocycles. The molecule has 1 aromatic rings. The van der Waals surface area contributed by atoms with E-state index in [1.807, 2.05) is 0 Å². The molecule has 3 atom stereocenters. The van der Waals surface area contributed by atoms with Crippen molar-refractivity contribution in [2.75, 3.05) is 17.7 Å². The summed E-state index contributed by atoms with van der Waals surface area (Å²) in [6.45, 7) is 1.44. The molecule has 2 saturated carbocycles. The molecule has 1 aromatic carbocycles. The molecule has 2 bridgehead atoms. The molecule has 2 aliphatic rings. The van der Waals surface area contributed by atoms with Gasteiger partial charge >= 0.3 is 0 Å². The topological polar surface area (TPSA) is 67.4 Å². The summed E-state index contributed by atoms with van der Waals surface area (Å²) in [5.74, 6) is 1.95. The lowest BCUT2D eigenvalue weighted by atomic mass is 9.88. The zero-order chi connectivity index (χ0) is 15.7. The monoisotopic (exact) mass is 302 g/mol. The SMILES string of the molecule is COc1ccc(NC(=O)C2CC3CCC2C3)cc1NC(C)=O. The molecule has 2 amide bonds. The number of methoxy groups -OCH3 is 1. The molecule has 2 aliphatic carbocycles. The van der Waals surface area contributed by atoms with Gasteiger partial charge in [-0.25, -0.2) is 0 Å². The number of rotatable bonds is 4. The number of nitrogens with one attached hydrogen (secondary N) is 2. The molecule has 118 valence electrons. The van der Waals surface area contributed by atoms with Gasteiger partial charge in [-0.15, -0.1) is 0 Å². The van der Waals surface area contributed by atoms with E-state index in [2.05, 4.69) is 10.6 Å². The first-order chi connectivity index (χ1) is 10.6. The van der Waals surface area contributed by atoms with Gasteiger partial charge in [0.2, 0.25) is 11.8 Å². The third-order valence-electron chi connectivity index (χ3n) is 4.85. The van der Waals surface area contributed by atoms with Gasteiger partial charge in [0.25, 0.3) is 0 Å². The highest BCUT2D eigenvalue weighted by atomic mass is 16.5.